The SMILES string of the molecule is CC(C)Nc1cc(-c2cnc3cccnn23)ncc1C(=O)NCC(F)C(C)(C)O. The number of nitrogens with one attached hydrogen (secondary N) is 2. The summed E-state index contributed by atoms with van der Waals surface area (Å²) in [6, 6.07) is 5.43. The molecule has 3 aromatic heterocycles. The molecule has 3 heterocycles. The van der Waals surface area contributed by atoms with Crippen LogP contribution in [0, 0.1) is 0 Å². The summed E-state index contributed by atoms with van der Waals surface area (Å²) < 4.78 is 15.6. The molecule has 29 heavy (non-hydrogen) atoms. The van der Waals surface area contributed by atoms with Gasteiger partial charge < -0.3 is 15.7 Å². The number of carbonyl (C=O) groups excluding carboxylic acids is 1. The molecule has 0 radical (unpaired) electrons. The van der Waals surface area contributed by atoms with Crippen LogP contribution in [-0.2, 0) is 0 Å². The van der Waals surface area contributed by atoms with Crippen molar-refractivity contribution in [3.8, 4) is 11.4 Å². The van der Waals surface area contributed by atoms with E-state index in [9.17, 15) is 14.3 Å². The molecule has 0 spiro atoms. The first kappa shape index (κ1) is 20.7. The molecule has 8 nitrogen and oxygen atoms in total. The molecule has 0 saturated carbocycles. The number of hydrogen-bond donors (Lipinski definition) is 3. The molecule has 9 heteroatoms. The topological polar surface area (TPSA) is 104 Å². The summed E-state index contributed by atoms with van der Waals surface area (Å²) in [6.45, 7) is 6.31. The summed E-state index contributed by atoms with van der Waals surface area (Å²) in [7, 11) is 0. The number of fused-ring (bicyclic) bond motifs is 1. The van der Waals surface area contributed by atoms with Crippen LogP contribution in [0.5, 0.6) is 0 Å². The fraction of sp³-hybridized carbons (Fsp3) is 0.400. The van der Waals surface area contributed by atoms with Crippen LogP contribution in [-0.4, -0.2) is 55.0 Å². The zero-order valence-corrected chi connectivity index (χ0v) is 16.8. The Hall–Kier alpha value is -3.07. The average Bonchev–Trinajstić information content (AvgIpc) is 3.08. The number of rotatable bonds is 7. The summed E-state index contributed by atoms with van der Waals surface area (Å²) in [6.07, 6.45) is 3.17. The number of aliphatic hydroxyl groups is 1. The van der Waals surface area contributed by atoms with Crippen molar-refractivity contribution in [2.45, 2.75) is 45.5 Å². The number of nitrogens with zero attached hydrogens (tertiary/aromatic N) is 4. The van der Waals surface area contributed by atoms with Crippen LogP contribution >= 0.6 is 0 Å². The van der Waals surface area contributed by atoms with Crippen LogP contribution in [0.2, 0.25) is 0 Å². The van der Waals surface area contributed by atoms with Crippen LogP contribution < -0.4 is 10.6 Å². The number of carbonyl (C=O) groups is 1. The molecule has 0 aliphatic carbocycles. The van der Waals surface area contributed by atoms with Crippen LogP contribution in [0.4, 0.5) is 10.1 Å². The van der Waals surface area contributed by atoms with Crippen molar-refractivity contribution in [2.75, 3.05) is 11.9 Å². The first-order valence-corrected chi connectivity index (χ1v) is 9.37. The third kappa shape index (κ3) is 4.68. The van der Waals surface area contributed by atoms with Gasteiger partial charge in [-0.3, -0.25) is 9.78 Å². The van der Waals surface area contributed by atoms with Gasteiger partial charge in [-0.1, -0.05) is 0 Å². The van der Waals surface area contributed by atoms with Gasteiger partial charge in [0.25, 0.3) is 5.91 Å². The van der Waals surface area contributed by atoms with E-state index < -0.39 is 17.7 Å². The fourth-order valence-electron chi connectivity index (χ4n) is 2.74. The van der Waals surface area contributed by atoms with Crippen LogP contribution in [0.1, 0.15) is 38.1 Å². The predicted octanol–water partition coefficient (Wildman–Crippen LogP) is 2.45. The van der Waals surface area contributed by atoms with Gasteiger partial charge >= 0.3 is 0 Å². The smallest absolute Gasteiger partial charge is 0.255 e. The second kappa shape index (κ2) is 8.12. The lowest BCUT2D eigenvalue weighted by Gasteiger charge is -2.23. The van der Waals surface area contributed by atoms with Gasteiger partial charge in [0.05, 0.1) is 35.3 Å². The predicted molar refractivity (Wildman–Crippen MR) is 109 cm³/mol. The maximum atomic E-state index is 14.0. The van der Waals surface area contributed by atoms with Crippen LogP contribution in [0.25, 0.3) is 17.0 Å². The number of amides is 1. The molecule has 0 bridgehead atoms. The van der Waals surface area contributed by atoms with Crippen molar-refractivity contribution in [3.63, 3.8) is 0 Å². The van der Waals surface area contributed by atoms with Gasteiger partial charge in [-0.15, -0.1) is 0 Å². The molecule has 1 unspecified atom stereocenters. The Bertz CT molecular complexity index is 1010. The van der Waals surface area contributed by atoms with Gasteiger partial charge in [0.1, 0.15) is 11.9 Å². The van der Waals surface area contributed by atoms with Crippen LogP contribution in [0.3, 0.4) is 0 Å². The van der Waals surface area contributed by atoms with Crippen molar-refractivity contribution in [1.82, 2.24) is 24.9 Å². The molecule has 0 aromatic carbocycles. The van der Waals surface area contributed by atoms with Gasteiger partial charge in [-0.05, 0) is 45.9 Å². The average molecular weight is 400 g/mol. The fourth-order valence-corrected chi connectivity index (χ4v) is 2.74. The highest BCUT2D eigenvalue weighted by Crippen LogP contribution is 2.24. The van der Waals surface area contributed by atoms with E-state index in [0.29, 0.717) is 22.7 Å². The monoisotopic (exact) mass is 400 g/mol. The molecule has 1 amide bonds. The molecule has 3 rings (SSSR count). The highest BCUT2D eigenvalue weighted by molar-refractivity contribution is 6.00. The summed E-state index contributed by atoms with van der Waals surface area (Å²) in [5.41, 5.74) is 1.27. The zero-order valence-electron chi connectivity index (χ0n) is 16.8. The third-order valence-corrected chi connectivity index (χ3v) is 4.34. The molecule has 3 N–H and O–H groups in total. The Morgan fingerprint density at radius 2 is 2.07 bits per heavy atom. The number of halogens is 1. The molecule has 0 aliphatic rings. The lowest BCUT2D eigenvalue weighted by molar-refractivity contribution is -0.00177. The lowest BCUT2D eigenvalue weighted by atomic mass is 10.0. The Balaban J connectivity index is 1.91. The van der Waals surface area contributed by atoms with Crippen molar-refractivity contribution in [1.29, 1.82) is 0 Å². The molecule has 0 saturated heterocycles. The number of anilines is 1. The molecular weight excluding hydrogens is 375 g/mol. The first-order valence-electron chi connectivity index (χ1n) is 9.37. The second-order valence-corrected chi connectivity index (χ2v) is 7.68. The van der Waals surface area contributed by atoms with E-state index in [1.54, 1.807) is 29.0 Å². The maximum absolute atomic E-state index is 14.0. The van der Waals surface area contributed by atoms with E-state index in [2.05, 4.69) is 25.7 Å². The van der Waals surface area contributed by atoms with Gasteiger partial charge in [-0.2, -0.15) is 5.10 Å². The summed E-state index contributed by atoms with van der Waals surface area (Å²) in [5, 5.41) is 19.7. The minimum absolute atomic E-state index is 0.0578. The van der Waals surface area contributed by atoms with E-state index in [-0.39, 0.29) is 18.2 Å². The third-order valence-electron chi connectivity index (χ3n) is 4.34. The van der Waals surface area contributed by atoms with E-state index in [0.717, 1.165) is 0 Å². The number of imidazole rings is 1. The van der Waals surface area contributed by atoms with E-state index in [4.69, 9.17) is 0 Å². The molecule has 0 fully saturated rings. The largest absolute Gasteiger partial charge is 0.387 e. The van der Waals surface area contributed by atoms with E-state index in [1.807, 2.05) is 19.9 Å². The number of aromatic nitrogens is 4. The summed E-state index contributed by atoms with van der Waals surface area (Å²) in [5.74, 6) is -0.477. The molecule has 0 aliphatic heterocycles. The minimum atomic E-state index is -1.59. The number of pyridine rings is 1. The first-order chi connectivity index (χ1) is 13.7. The quantitative estimate of drug-likeness (QED) is 0.563. The van der Waals surface area contributed by atoms with Gasteiger partial charge in [0.2, 0.25) is 0 Å². The molecule has 154 valence electrons. The molecule has 1 atom stereocenters. The normalized spacial score (nSPS) is 12.9. The number of hydrogen-bond acceptors (Lipinski definition) is 6. The Kier molecular flexibility index (Phi) is 5.78. The maximum Gasteiger partial charge on any atom is 0.255 e. The van der Waals surface area contributed by atoms with Crippen LogP contribution in [0.15, 0.2) is 36.8 Å². The van der Waals surface area contributed by atoms with Crippen molar-refractivity contribution >= 4 is 17.2 Å². The van der Waals surface area contributed by atoms with Gasteiger partial charge in [0.15, 0.2) is 5.65 Å². The van der Waals surface area contributed by atoms with Crippen molar-refractivity contribution in [3.05, 3.63) is 42.4 Å². The van der Waals surface area contributed by atoms with E-state index in [1.165, 1.54) is 20.0 Å². The van der Waals surface area contributed by atoms with E-state index >= 15 is 0 Å². The Labute approximate surface area is 168 Å². The highest BCUT2D eigenvalue weighted by atomic mass is 19.1. The standard InChI is InChI=1S/C20H25FN6O2/c1-12(2)26-14-8-15(16-10-23-18-6-5-7-25-27(16)18)22-9-13(14)19(28)24-11-17(21)20(3,4)29/h5-10,12,17,29H,11H2,1-4H3,(H,22,26)(H,24,28). The molecular formula is C20H25FN6O2. The van der Waals surface area contributed by atoms with Gasteiger partial charge in [0, 0.05) is 18.4 Å². The van der Waals surface area contributed by atoms with Crippen molar-refractivity contribution < 1.29 is 14.3 Å². The second-order valence-electron chi connectivity index (χ2n) is 7.68. The Morgan fingerprint density at radius 3 is 2.76 bits per heavy atom. The zero-order chi connectivity index (χ0) is 21.2. The summed E-state index contributed by atoms with van der Waals surface area (Å²) >= 11 is 0. The Morgan fingerprint density at radius 1 is 1.31 bits per heavy atom. The van der Waals surface area contributed by atoms with Gasteiger partial charge in [-0.25, -0.2) is 13.9 Å². The minimum Gasteiger partial charge on any atom is -0.387 e. The lowest BCUT2D eigenvalue weighted by Crippen LogP contribution is -2.42. The highest BCUT2D eigenvalue weighted by Gasteiger charge is 2.27. The summed E-state index contributed by atoms with van der Waals surface area (Å²) in [4.78, 5) is 21.3. The number of alkyl halides is 1. The molecule has 3 aromatic rings. The van der Waals surface area contributed by atoms with Crippen molar-refractivity contribution in [2.24, 2.45) is 0 Å².